The normalized spacial score (nSPS) is 10.6. The van der Waals surface area contributed by atoms with Crippen molar-refractivity contribution in [3.63, 3.8) is 0 Å². The van der Waals surface area contributed by atoms with Crippen LogP contribution in [0.1, 0.15) is 22.7 Å². The summed E-state index contributed by atoms with van der Waals surface area (Å²) in [7, 11) is 0. The zero-order valence-corrected chi connectivity index (χ0v) is 13.2. The van der Waals surface area contributed by atoms with Crippen molar-refractivity contribution in [3.05, 3.63) is 52.0 Å². The van der Waals surface area contributed by atoms with Gasteiger partial charge in [0.25, 0.3) is 0 Å². The standard InChI is InChI=1S/C16H13F3N2O2S/c17-16(18,19)13-11-24-14(21-13)8-4-5-9-20-15(22)23-10-12-6-2-1-3-7-12/h1-3,6-7,11H,5,9-10H2,(H,20,22). The topological polar surface area (TPSA) is 51.2 Å². The number of hydrogen-bond donors (Lipinski definition) is 1. The van der Waals surface area contributed by atoms with Crippen LogP contribution < -0.4 is 5.32 Å². The number of carbonyl (C=O) groups excluding carboxylic acids is 1. The van der Waals surface area contributed by atoms with Gasteiger partial charge >= 0.3 is 12.3 Å². The summed E-state index contributed by atoms with van der Waals surface area (Å²) in [4.78, 5) is 14.8. The lowest BCUT2D eigenvalue weighted by molar-refractivity contribution is -0.140. The lowest BCUT2D eigenvalue weighted by atomic mass is 10.2. The average molecular weight is 354 g/mol. The van der Waals surface area contributed by atoms with Crippen molar-refractivity contribution in [2.45, 2.75) is 19.2 Å². The minimum absolute atomic E-state index is 0.0916. The van der Waals surface area contributed by atoms with E-state index >= 15 is 0 Å². The van der Waals surface area contributed by atoms with Gasteiger partial charge in [0, 0.05) is 18.3 Å². The molecule has 0 unspecified atom stereocenters. The van der Waals surface area contributed by atoms with E-state index in [2.05, 4.69) is 22.1 Å². The Kier molecular flexibility index (Phi) is 6.21. The maximum atomic E-state index is 12.4. The van der Waals surface area contributed by atoms with Crippen molar-refractivity contribution < 1.29 is 22.7 Å². The van der Waals surface area contributed by atoms with Gasteiger partial charge in [0.15, 0.2) is 10.7 Å². The molecule has 0 atom stereocenters. The molecule has 126 valence electrons. The van der Waals surface area contributed by atoms with Crippen molar-refractivity contribution in [1.29, 1.82) is 0 Å². The highest BCUT2D eigenvalue weighted by molar-refractivity contribution is 7.10. The number of amides is 1. The van der Waals surface area contributed by atoms with E-state index in [9.17, 15) is 18.0 Å². The molecular weight excluding hydrogens is 341 g/mol. The van der Waals surface area contributed by atoms with Gasteiger partial charge in [-0.05, 0) is 11.5 Å². The van der Waals surface area contributed by atoms with Gasteiger partial charge in [0.05, 0.1) is 0 Å². The van der Waals surface area contributed by atoms with E-state index in [4.69, 9.17) is 4.74 Å². The van der Waals surface area contributed by atoms with E-state index in [0.717, 1.165) is 22.3 Å². The molecule has 1 aromatic carbocycles. The lowest BCUT2D eigenvalue weighted by Crippen LogP contribution is -2.24. The van der Waals surface area contributed by atoms with Crippen molar-refractivity contribution >= 4 is 17.4 Å². The van der Waals surface area contributed by atoms with E-state index in [0.29, 0.717) is 0 Å². The van der Waals surface area contributed by atoms with Gasteiger partial charge in [-0.15, -0.1) is 11.3 Å². The monoisotopic (exact) mass is 354 g/mol. The molecule has 24 heavy (non-hydrogen) atoms. The smallest absolute Gasteiger partial charge is 0.434 e. The molecule has 1 aromatic heterocycles. The Hall–Kier alpha value is -2.53. The predicted molar refractivity (Wildman–Crippen MR) is 83.2 cm³/mol. The Morgan fingerprint density at radius 2 is 2.04 bits per heavy atom. The summed E-state index contributed by atoms with van der Waals surface area (Å²) in [5.74, 6) is 5.19. The van der Waals surface area contributed by atoms with Crippen LogP contribution >= 0.6 is 11.3 Å². The first kappa shape index (κ1) is 17.8. The summed E-state index contributed by atoms with van der Waals surface area (Å²) < 4.78 is 42.1. The predicted octanol–water partition coefficient (Wildman–Crippen LogP) is 3.83. The van der Waals surface area contributed by atoms with E-state index < -0.39 is 18.0 Å². The van der Waals surface area contributed by atoms with Crippen molar-refractivity contribution in [2.24, 2.45) is 0 Å². The van der Waals surface area contributed by atoms with Crippen molar-refractivity contribution in [1.82, 2.24) is 10.3 Å². The molecule has 0 bridgehead atoms. The molecule has 0 aliphatic carbocycles. The van der Waals surface area contributed by atoms with E-state index in [1.54, 1.807) is 0 Å². The molecule has 4 nitrogen and oxygen atoms in total. The van der Waals surface area contributed by atoms with Gasteiger partial charge in [0.2, 0.25) is 0 Å². The molecule has 8 heteroatoms. The van der Waals surface area contributed by atoms with Crippen molar-refractivity contribution in [3.8, 4) is 11.8 Å². The summed E-state index contributed by atoms with van der Waals surface area (Å²) in [5, 5.41) is 3.52. The molecule has 1 N–H and O–H groups in total. The number of alkyl carbamates (subject to hydrolysis) is 1. The highest BCUT2D eigenvalue weighted by Gasteiger charge is 2.33. The number of carbonyl (C=O) groups is 1. The summed E-state index contributed by atoms with van der Waals surface area (Å²) in [5.41, 5.74) is -0.0731. The maximum absolute atomic E-state index is 12.4. The molecule has 0 fully saturated rings. The number of alkyl halides is 3. The molecule has 1 amide bonds. The zero-order valence-electron chi connectivity index (χ0n) is 12.4. The quantitative estimate of drug-likeness (QED) is 0.671. The molecule has 0 radical (unpaired) electrons. The van der Waals surface area contributed by atoms with E-state index in [-0.39, 0.29) is 24.6 Å². The van der Waals surface area contributed by atoms with Gasteiger partial charge in [-0.2, -0.15) is 13.2 Å². The zero-order chi connectivity index (χ0) is 17.4. The largest absolute Gasteiger partial charge is 0.445 e. The first-order valence-corrected chi connectivity index (χ1v) is 7.79. The van der Waals surface area contributed by atoms with Crippen LogP contribution in [0.25, 0.3) is 0 Å². The minimum atomic E-state index is -4.46. The highest BCUT2D eigenvalue weighted by atomic mass is 32.1. The van der Waals surface area contributed by atoms with Gasteiger partial charge in [-0.25, -0.2) is 9.78 Å². The number of halogens is 3. The van der Waals surface area contributed by atoms with Crippen LogP contribution in [-0.2, 0) is 17.5 Å². The van der Waals surface area contributed by atoms with Gasteiger partial charge in [-0.3, -0.25) is 0 Å². The lowest BCUT2D eigenvalue weighted by Gasteiger charge is -2.05. The summed E-state index contributed by atoms with van der Waals surface area (Å²) in [6.45, 7) is 0.399. The number of aromatic nitrogens is 1. The molecule has 0 saturated carbocycles. The number of benzene rings is 1. The maximum Gasteiger partial charge on any atom is 0.434 e. The SMILES string of the molecule is O=C(NCCC#Cc1nc(C(F)(F)F)cs1)OCc1ccccc1. The van der Waals surface area contributed by atoms with Crippen LogP contribution in [0, 0.1) is 11.8 Å². The number of rotatable bonds is 4. The fourth-order valence-corrected chi connectivity index (χ4v) is 2.29. The molecular formula is C16H13F3N2O2S. The number of hydrogen-bond acceptors (Lipinski definition) is 4. The van der Waals surface area contributed by atoms with E-state index in [1.165, 1.54) is 0 Å². The van der Waals surface area contributed by atoms with Gasteiger partial charge in [0.1, 0.15) is 6.61 Å². The van der Waals surface area contributed by atoms with Crippen LogP contribution in [-0.4, -0.2) is 17.6 Å². The van der Waals surface area contributed by atoms with Crippen molar-refractivity contribution in [2.75, 3.05) is 6.54 Å². The summed E-state index contributed by atoms with van der Waals surface area (Å²) in [6, 6.07) is 9.22. The van der Waals surface area contributed by atoms with Crippen LogP contribution in [0.2, 0.25) is 0 Å². The molecule has 0 spiro atoms. The van der Waals surface area contributed by atoms with Crippen LogP contribution in [0.3, 0.4) is 0 Å². The Labute approximate surface area is 140 Å². The number of nitrogens with zero attached hydrogens (tertiary/aromatic N) is 1. The van der Waals surface area contributed by atoms with Gasteiger partial charge < -0.3 is 10.1 Å². The highest BCUT2D eigenvalue weighted by Crippen LogP contribution is 2.29. The average Bonchev–Trinajstić information content (AvgIpc) is 3.03. The first-order chi connectivity index (χ1) is 11.4. The Morgan fingerprint density at radius 1 is 1.29 bits per heavy atom. The second-order valence-corrected chi connectivity index (χ2v) is 5.43. The molecule has 2 rings (SSSR count). The number of nitrogens with one attached hydrogen (secondary N) is 1. The fourth-order valence-electron chi connectivity index (χ4n) is 1.60. The second kappa shape index (κ2) is 8.36. The fraction of sp³-hybridized carbons (Fsp3) is 0.250. The Morgan fingerprint density at radius 3 is 2.71 bits per heavy atom. The Balaban J connectivity index is 1.68. The summed E-state index contributed by atoms with van der Waals surface area (Å²) >= 11 is 0.830. The molecule has 0 saturated heterocycles. The number of ether oxygens (including phenoxy) is 1. The third kappa shape index (κ3) is 5.93. The first-order valence-electron chi connectivity index (χ1n) is 6.91. The van der Waals surface area contributed by atoms with Crippen LogP contribution in [0.15, 0.2) is 35.7 Å². The molecule has 0 aliphatic heterocycles. The van der Waals surface area contributed by atoms with Gasteiger partial charge in [-0.1, -0.05) is 36.3 Å². The van der Waals surface area contributed by atoms with Crippen LogP contribution in [0.4, 0.5) is 18.0 Å². The second-order valence-electron chi connectivity index (χ2n) is 4.58. The molecule has 0 aliphatic rings. The third-order valence-electron chi connectivity index (χ3n) is 2.72. The van der Waals surface area contributed by atoms with Crippen LogP contribution in [0.5, 0.6) is 0 Å². The van der Waals surface area contributed by atoms with E-state index in [1.807, 2.05) is 30.3 Å². The number of thiazole rings is 1. The Bertz CT molecular complexity index is 733. The molecule has 1 heterocycles. The third-order valence-corrected chi connectivity index (χ3v) is 3.48. The molecule has 2 aromatic rings. The summed E-state index contributed by atoms with van der Waals surface area (Å²) in [6.07, 6.45) is -4.75. The minimum Gasteiger partial charge on any atom is -0.445 e.